The van der Waals surface area contributed by atoms with Gasteiger partial charge in [-0.05, 0) is 60.7 Å². The molecule has 2 aromatic carbocycles. The van der Waals surface area contributed by atoms with Gasteiger partial charge in [0.25, 0.3) is 5.91 Å². The van der Waals surface area contributed by atoms with E-state index in [1.165, 1.54) is 72.8 Å². The number of ether oxygens (including phenoxy) is 1. The Hall–Kier alpha value is -2.99. The zero-order valence-corrected chi connectivity index (χ0v) is 19.2. The molecule has 3 rings (SSSR count). The van der Waals surface area contributed by atoms with E-state index in [-0.39, 0.29) is 10.6 Å². The Bertz CT molecular complexity index is 1160. The van der Waals surface area contributed by atoms with Gasteiger partial charge in [0, 0.05) is 24.8 Å². The quantitative estimate of drug-likeness (QED) is 0.330. The lowest BCUT2D eigenvalue weighted by Gasteiger charge is -2.25. The normalized spacial score (nSPS) is 12.4. The maximum Gasteiger partial charge on any atom is 0.262 e. The summed E-state index contributed by atoms with van der Waals surface area (Å²) in [6.07, 6.45) is 1.65. The Morgan fingerprint density at radius 1 is 1.12 bits per heavy atom. The minimum absolute atomic E-state index is 0.0538. The van der Waals surface area contributed by atoms with E-state index >= 15 is 0 Å². The van der Waals surface area contributed by atoms with Gasteiger partial charge in [-0.2, -0.15) is 16.1 Å². The summed E-state index contributed by atoms with van der Waals surface area (Å²) in [6, 6.07) is 15.3. The molecule has 0 fully saturated rings. The standard InChI is InChI=1S/C22H22FN3O5S2/c1-26(21(22(27)25-28)15-32-14-17-4-2-3-13-24-17)33(29,30)20-11-9-19(10-12-20)31-18-7-5-16(23)6-8-18/h2-13,21,28H,14-15H2,1H3,(H,25,27)/t21-/m1/s1. The van der Waals surface area contributed by atoms with E-state index in [1.807, 2.05) is 12.1 Å². The van der Waals surface area contributed by atoms with E-state index in [0.717, 1.165) is 10.00 Å². The highest BCUT2D eigenvalue weighted by molar-refractivity contribution is 7.98. The van der Waals surface area contributed by atoms with Crippen LogP contribution in [-0.4, -0.2) is 47.7 Å². The zero-order chi connectivity index (χ0) is 23.8. The van der Waals surface area contributed by atoms with E-state index in [4.69, 9.17) is 9.94 Å². The van der Waals surface area contributed by atoms with E-state index in [2.05, 4.69) is 4.98 Å². The van der Waals surface area contributed by atoms with Crippen LogP contribution in [0, 0.1) is 5.82 Å². The summed E-state index contributed by atoms with van der Waals surface area (Å²) in [4.78, 5) is 16.3. The molecule has 0 aliphatic rings. The van der Waals surface area contributed by atoms with Crippen molar-refractivity contribution in [1.82, 2.24) is 14.8 Å². The van der Waals surface area contributed by atoms with Crippen LogP contribution in [0.25, 0.3) is 0 Å². The zero-order valence-electron chi connectivity index (χ0n) is 17.6. The molecule has 0 spiro atoms. The molecule has 174 valence electrons. The number of rotatable bonds is 10. The van der Waals surface area contributed by atoms with Gasteiger partial charge in [0.05, 0.1) is 10.6 Å². The number of halogens is 1. The molecule has 1 amide bonds. The van der Waals surface area contributed by atoms with Gasteiger partial charge in [0.1, 0.15) is 23.4 Å². The third-order valence-electron chi connectivity index (χ3n) is 4.65. The molecule has 0 aliphatic carbocycles. The molecule has 0 unspecified atom stereocenters. The van der Waals surface area contributed by atoms with Gasteiger partial charge in [0.2, 0.25) is 10.0 Å². The Labute approximate surface area is 195 Å². The van der Waals surface area contributed by atoms with Crippen LogP contribution in [0.15, 0.2) is 77.8 Å². The molecule has 0 saturated carbocycles. The number of hydrogen-bond donors (Lipinski definition) is 2. The highest BCUT2D eigenvalue weighted by atomic mass is 32.2. The van der Waals surface area contributed by atoms with Crippen LogP contribution in [0.5, 0.6) is 11.5 Å². The molecule has 0 aliphatic heterocycles. The average molecular weight is 492 g/mol. The first kappa shape index (κ1) is 24.6. The van der Waals surface area contributed by atoms with Crippen molar-refractivity contribution in [3.05, 3.63) is 84.4 Å². The average Bonchev–Trinajstić information content (AvgIpc) is 2.83. The number of sulfonamides is 1. The van der Waals surface area contributed by atoms with Crippen LogP contribution in [0.3, 0.4) is 0 Å². The number of benzene rings is 2. The van der Waals surface area contributed by atoms with E-state index in [9.17, 15) is 17.6 Å². The van der Waals surface area contributed by atoms with E-state index < -0.39 is 27.8 Å². The summed E-state index contributed by atoms with van der Waals surface area (Å²) >= 11 is 1.32. The molecule has 0 radical (unpaired) electrons. The van der Waals surface area contributed by atoms with Crippen molar-refractivity contribution in [1.29, 1.82) is 0 Å². The maximum absolute atomic E-state index is 13.1. The number of carbonyl (C=O) groups excluding carboxylic acids is 1. The smallest absolute Gasteiger partial charge is 0.262 e. The van der Waals surface area contributed by atoms with Crippen LogP contribution < -0.4 is 10.2 Å². The Morgan fingerprint density at radius 3 is 2.33 bits per heavy atom. The second-order valence-corrected chi connectivity index (χ2v) is 9.90. The number of nitrogens with one attached hydrogen (secondary N) is 1. The van der Waals surface area contributed by atoms with Gasteiger partial charge < -0.3 is 4.74 Å². The molecule has 1 heterocycles. The number of carbonyl (C=O) groups is 1. The molecule has 0 bridgehead atoms. The van der Waals surface area contributed by atoms with Crippen LogP contribution >= 0.6 is 11.8 Å². The van der Waals surface area contributed by atoms with Crippen molar-refractivity contribution >= 4 is 27.7 Å². The predicted octanol–water partition coefficient (Wildman–Crippen LogP) is 3.44. The van der Waals surface area contributed by atoms with Crippen LogP contribution in [-0.2, 0) is 20.6 Å². The van der Waals surface area contributed by atoms with Crippen LogP contribution in [0.2, 0.25) is 0 Å². The molecule has 1 aromatic heterocycles. The summed E-state index contributed by atoms with van der Waals surface area (Å²) in [5.41, 5.74) is 2.32. The summed E-state index contributed by atoms with van der Waals surface area (Å²) in [5, 5.41) is 9.12. The monoisotopic (exact) mass is 491 g/mol. The van der Waals surface area contributed by atoms with E-state index in [0.29, 0.717) is 17.3 Å². The van der Waals surface area contributed by atoms with Crippen molar-refractivity contribution < 1.29 is 27.5 Å². The molecular weight excluding hydrogens is 469 g/mol. The number of amides is 1. The Balaban J connectivity index is 1.70. The van der Waals surface area contributed by atoms with Crippen molar-refractivity contribution in [2.45, 2.75) is 16.7 Å². The number of hydrogen-bond acceptors (Lipinski definition) is 7. The number of hydroxylamine groups is 1. The largest absolute Gasteiger partial charge is 0.457 e. The fourth-order valence-electron chi connectivity index (χ4n) is 2.83. The van der Waals surface area contributed by atoms with Gasteiger partial charge >= 0.3 is 0 Å². The summed E-state index contributed by atoms with van der Waals surface area (Å²) < 4.78 is 45.7. The first-order valence-corrected chi connectivity index (χ1v) is 12.3. The Kier molecular flexibility index (Phi) is 8.39. The molecule has 3 aromatic rings. The molecule has 8 nitrogen and oxygen atoms in total. The van der Waals surface area contributed by atoms with Gasteiger partial charge in [-0.15, -0.1) is 0 Å². The fraction of sp³-hybridized carbons (Fsp3) is 0.182. The summed E-state index contributed by atoms with van der Waals surface area (Å²) in [5.74, 6) is 0.0916. The molecule has 33 heavy (non-hydrogen) atoms. The third-order valence-corrected chi connectivity index (χ3v) is 7.59. The minimum atomic E-state index is -4.06. The topological polar surface area (TPSA) is 109 Å². The number of likely N-dealkylation sites (N-methyl/N-ethyl adjacent to an activating group) is 1. The predicted molar refractivity (Wildman–Crippen MR) is 122 cm³/mol. The molecule has 2 N–H and O–H groups in total. The molecule has 0 saturated heterocycles. The second-order valence-electron chi connectivity index (χ2n) is 6.88. The number of pyridine rings is 1. The number of thioether (sulfide) groups is 1. The summed E-state index contributed by atoms with van der Waals surface area (Å²) in [7, 11) is -2.78. The van der Waals surface area contributed by atoms with Crippen molar-refractivity contribution in [3.63, 3.8) is 0 Å². The minimum Gasteiger partial charge on any atom is -0.457 e. The lowest BCUT2D eigenvalue weighted by atomic mass is 10.3. The van der Waals surface area contributed by atoms with Crippen molar-refractivity contribution in [2.75, 3.05) is 12.8 Å². The van der Waals surface area contributed by atoms with E-state index in [1.54, 1.807) is 12.3 Å². The van der Waals surface area contributed by atoms with Crippen LogP contribution in [0.1, 0.15) is 5.69 Å². The summed E-state index contributed by atoms with van der Waals surface area (Å²) in [6.45, 7) is 0. The fourth-order valence-corrected chi connectivity index (χ4v) is 5.34. The second kappa shape index (κ2) is 11.2. The van der Waals surface area contributed by atoms with Gasteiger partial charge in [-0.3, -0.25) is 15.0 Å². The van der Waals surface area contributed by atoms with Crippen molar-refractivity contribution in [3.8, 4) is 11.5 Å². The lowest BCUT2D eigenvalue weighted by Crippen LogP contribution is -2.48. The van der Waals surface area contributed by atoms with Crippen molar-refractivity contribution in [2.24, 2.45) is 0 Å². The third kappa shape index (κ3) is 6.51. The molecule has 1 atom stereocenters. The first-order valence-electron chi connectivity index (χ1n) is 9.74. The molecule has 11 heteroatoms. The maximum atomic E-state index is 13.1. The SMILES string of the molecule is CN([C@H](CSCc1ccccn1)C(=O)NO)S(=O)(=O)c1ccc(Oc2ccc(F)cc2)cc1. The van der Waals surface area contributed by atoms with Gasteiger partial charge in [0.15, 0.2) is 0 Å². The number of nitrogens with zero attached hydrogens (tertiary/aromatic N) is 2. The first-order chi connectivity index (χ1) is 15.8. The van der Waals surface area contributed by atoms with Gasteiger partial charge in [-0.1, -0.05) is 6.07 Å². The number of aromatic nitrogens is 1. The van der Waals surface area contributed by atoms with Crippen LogP contribution in [0.4, 0.5) is 4.39 Å². The van der Waals surface area contributed by atoms with Gasteiger partial charge in [-0.25, -0.2) is 18.3 Å². The highest BCUT2D eigenvalue weighted by Gasteiger charge is 2.33. The lowest BCUT2D eigenvalue weighted by molar-refractivity contribution is -0.132. The Morgan fingerprint density at radius 2 is 1.76 bits per heavy atom. The molecular formula is C22H22FN3O5S2. The highest BCUT2D eigenvalue weighted by Crippen LogP contribution is 2.25.